The van der Waals surface area contributed by atoms with Crippen LogP contribution >= 0.6 is 0 Å². The van der Waals surface area contributed by atoms with E-state index in [4.69, 9.17) is 9.84 Å². The van der Waals surface area contributed by atoms with Crippen molar-refractivity contribution in [3.8, 4) is 5.75 Å². The summed E-state index contributed by atoms with van der Waals surface area (Å²) in [5, 5.41) is 9.06. The number of para-hydroxylation sites is 1. The van der Waals surface area contributed by atoms with Gasteiger partial charge < -0.3 is 9.84 Å². The summed E-state index contributed by atoms with van der Waals surface area (Å²) in [4.78, 5) is 0. The van der Waals surface area contributed by atoms with Crippen molar-refractivity contribution < 1.29 is 9.84 Å². The lowest BCUT2D eigenvalue weighted by atomic mass is 10.1. The van der Waals surface area contributed by atoms with Crippen molar-refractivity contribution in [2.75, 3.05) is 7.11 Å². The molecule has 1 N–H and O–H groups in total. The first-order valence-electron chi connectivity index (χ1n) is 4.59. The number of aryl methyl sites for hydroxylation is 1. The van der Waals surface area contributed by atoms with Crippen LogP contribution < -0.4 is 4.74 Å². The smallest absolute Gasteiger partial charge is 0.127 e. The molecule has 1 rings (SSSR count). The average molecular weight is 180 g/mol. The van der Waals surface area contributed by atoms with Crippen LogP contribution in [0.2, 0.25) is 0 Å². The minimum atomic E-state index is 0.0424. The van der Waals surface area contributed by atoms with Crippen LogP contribution in [0.5, 0.6) is 5.75 Å². The molecule has 2 heteroatoms. The predicted molar refractivity (Wildman–Crippen MR) is 52.9 cm³/mol. The third kappa shape index (κ3) is 2.22. The lowest BCUT2D eigenvalue weighted by Gasteiger charge is -2.11. The van der Waals surface area contributed by atoms with Crippen molar-refractivity contribution >= 4 is 0 Å². The number of ether oxygens (including phenoxy) is 1. The van der Waals surface area contributed by atoms with Gasteiger partial charge in [-0.3, -0.25) is 0 Å². The third-order valence-corrected chi connectivity index (χ3v) is 2.07. The molecule has 72 valence electrons. The van der Waals surface area contributed by atoms with Crippen molar-refractivity contribution in [2.45, 2.75) is 26.4 Å². The molecule has 0 bridgehead atoms. The van der Waals surface area contributed by atoms with Gasteiger partial charge in [0.15, 0.2) is 0 Å². The van der Waals surface area contributed by atoms with E-state index in [-0.39, 0.29) is 6.61 Å². The van der Waals surface area contributed by atoms with Crippen molar-refractivity contribution in [1.29, 1.82) is 0 Å². The molecule has 0 aromatic heterocycles. The van der Waals surface area contributed by atoms with Gasteiger partial charge in [0.25, 0.3) is 0 Å². The Kier molecular flexibility index (Phi) is 3.77. The van der Waals surface area contributed by atoms with E-state index in [2.05, 4.69) is 6.92 Å². The molecular weight excluding hydrogens is 164 g/mol. The Labute approximate surface area is 79.2 Å². The quantitative estimate of drug-likeness (QED) is 0.769. The predicted octanol–water partition coefficient (Wildman–Crippen LogP) is 2.14. The van der Waals surface area contributed by atoms with Crippen LogP contribution in [-0.4, -0.2) is 12.2 Å². The summed E-state index contributed by atoms with van der Waals surface area (Å²) in [6.45, 7) is 2.17. The Hall–Kier alpha value is -1.02. The molecule has 0 fully saturated rings. The van der Waals surface area contributed by atoms with E-state index < -0.39 is 0 Å². The number of aliphatic hydroxyl groups is 1. The summed E-state index contributed by atoms with van der Waals surface area (Å²) in [6, 6.07) is 5.89. The largest absolute Gasteiger partial charge is 0.496 e. The fourth-order valence-electron chi connectivity index (χ4n) is 1.49. The summed E-state index contributed by atoms with van der Waals surface area (Å²) in [5.41, 5.74) is 2.05. The van der Waals surface area contributed by atoms with E-state index in [1.807, 2.05) is 18.2 Å². The molecule has 0 saturated carbocycles. The third-order valence-electron chi connectivity index (χ3n) is 2.07. The first-order valence-corrected chi connectivity index (χ1v) is 4.59. The zero-order chi connectivity index (χ0) is 9.68. The highest BCUT2D eigenvalue weighted by molar-refractivity contribution is 5.41. The second-order valence-electron chi connectivity index (χ2n) is 3.02. The fraction of sp³-hybridized carbons (Fsp3) is 0.455. The molecule has 1 aromatic carbocycles. The standard InChI is InChI=1S/C11H16O2/c1-3-5-9-6-4-7-10(8-12)11(9)13-2/h4,6-7,12H,3,5,8H2,1-2H3. The maximum Gasteiger partial charge on any atom is 0.127 e. The van der Waals surface area contributed by atoms with Crippen molar-refractivity contribution in [3.63, 3.8) is 0 Å². The van der Waals surface area contributed by atoms with Crippen LogP contribution in [-0.2, 0) is 13.0 Å². The highest BCUT2D eigenvalue weighted by Gasteiger charge is 2.06. The first-order chi connectivity index (χ1) is 6.33. The molecule has 1 aromatic rings. The first kappa shape index (κ1) is 10.1. The Morgan fingerprint density at radius 2 is 2.00 bits per heavy atom. The lowest BCUT2D eigenvalue weighted by Crippen LogP contribution is -1.97. The molecule has 0 saturated heterocycles. The van der Waals surface area contributed by atoms with E-state index in [9.17, 15) is 0 Å². The monoisotopic (exact) mass is 180 g/mol. The fourth-order valence-corrected chi connectivity index (χ4v) is 1.49. The molecule has 0 aliphatic rings. The Balaban J connectivity index is 3.03. The molecule has 0 amide bonds. The number of methoxy groups -OCH3 is 1. The highest BCUT2D eigenvalue weighted by atomic mass is 16.5. The molecule has 0 spiro atoms. The zero-order valence-electron chi connectivity index (χ0n) is 8.21. The molecule has 0 unspecified atom stereocenters. The van der Waals surface area contributed by atoms with Crippen LogP contribution in [0, 0.1) is 0 Å². The summed E-state index contributed by atoms with van der Waals surface area (Å²) in [5.74, 6) is 0.840. The van der Waals surface area contributed by atoms with E-state index in [0.717, 1.165) is 24.2 Å². The van der Waals surface area contributed by atoms with Crippen molar-refractivity contribution in [2.24, 2.45) is 0 Å². The van der Waals surface area contributed by atoms with Crippen LogP contribution in [0.3, 0.4) is 0 Å². The molecule has 0 aliphatic heterocycles. The number of hydrogen-bond acceptors (Lipinski definition) is 2. The van der Waals surface area contributed by atoms with Gasteiger partial charge in [-0.05, 0) is 12.0 Å². The Bertz CT molecular complexity index is 269. The van der Waals surface area contributed by atoms with Crippen LogP contribution in [0.4, 0.5) is 0 Å². The van der Waals surface area contributed by atoms with E-state index in [0.29, 0.717) is 0 Å². The Morgan fingerprint density at radius 3 is 2.54 bits per heavy atom. The molecule has 0 radical (unpaired) electrons. The number of benzene rings is 1. The van der Waals surface area contributed by atoms with Gasteiger partial charge in [0, 0.05) is 5.56 Å². The number of hydrogen-bond donors (Lipinski definition) is 1. The summed E-state index contributed by atoms with van der Waals surface area (Å²) >= 11 is 0. The van der Waals surface area contributed by atoms with Crippen molar-refractivity contribution in [3.05, 3.63) is 29.3 Å². The van der Waals surface area contributed by atoms with Crippen LogP contribution in [0.15, 0.2) is 18.2 Å². The van der Waals surface area contributed by atoms with Gasteiger partial charge in [0.05, 0.1) is 13.7 Å². The average Bonchev–Trinajstić information content (AvgIpc) is 2.18. The van der Waals surface area contributed by atoms with Gasteiger partial charge in [-0.1, -0.05) is 31.5 Å². The Morgan fingerprint density at radius 1 is 1.31 bits per heavy atom. The summed E-state index contributed by atoms with van der Waals surface area (Å²) in [7, 11) is 1.65. The van der Waals surface area contributed by atoms with E-state index >= 15 is 0 Å². The zero-order valence-corrected chi connectivity index (χ0v) is 8.21. The maximum atomic E-state index is 9.06. The second-order valence-corrected chi connectivity index (χ2v) is 3.02. The lowest BCUT2D eigenvalue weighted by molar-refractivity contribution is 0.273. The molecule has 0 aliphatic carbocycles. The van der Waals surface area contributed by atoms with Gasteiger partial charge in [-0.25, -0.2) is 0 Å². The molecule has 0 atom stereocenters. The molecule has 2 nitrogen and oxygen atoms in total. The minimum Gasteiger partial charge on any atom is -0.496 e. The molecule has 13 heavy (non-hydrogen) atoms. The van der Waals surface area contributed by atoms with Crippen molar-refractivity contribution in [1.82, 2.24) is 0 Å². The number of aliphatic hydroxyl groups excluding tert-OH is 1. The topological polar surface area (TPSA) is 29.5 Å². The second kappa shape index (κ2) is 4.87. The van der Waals surface area contributed by atoms with Gasteiger partial charge >= 0.3 is 0 Å². The molecule has 0 heterocycles. The number of rotatable bonds is 4. The van der Waals surface area contributed by atoms with Gasteiger partial charge in [-0.15, -0.1) is 0 Å². The van der Waals surface area contributed by atoms with E-state index in [1.165, 1.54) is 5.56 Å². The SMILES string of the molecule is CCCc1cccc(CO)c1OC. The van der Waals surface area contributed by atoms with Gasteiger partial charge in [-0.2, -0.15) is 0 Å². The maximum absolute atomic E-state index is 9.06. The summed E-state index contributed by atoms with van der Waals surface area (Å²) < 4.78 is 5.26. The van der Waals surface area contributed by atoms with E-state index in [1.54, 1.807) is 7.11 Å². The van der Waals surface area contributed by atoms with Gasteiger partial charge in [0.1, 0.15) is 5.75 Å². The normalized spacial score (nSPS) is 10.1. The molecular formula is C11H16O2. The highest BCUT2D eigenvalue weighted by Crippen LogP contribution is 2.24. The van der Waals surface area contributed by atoms with Crippen LogP contribution in [0.1, 0.15) is 24.5 Å². The minimum absolute atomic E-state index is 0.0424. The summed E-state index contributed by atoms with van der Waals surface area (Å²) in [6.07, 6.45) is 2.09. The van der Waals surface area contributed by atoms with Gasteiger partial charge in [0.2, 0.25) is 0 Å². The van der Waals surface area contributed by atoms with Crippen LogP contribution in [0.25, 0.3) is 0 Å².